The minimum atomic E-state index is -4.13. The van der Waals surface area contributed by atoms with E-state index in [9.17, 15) is 13.2 Å². The van der Waals surface area contributed by atoms with Crippen molar-refractivity contribution in [3.8, 4) is 0 Å². The summed E-state index contributed by atoms with van der Waals surface area (Å²) in [5.74, 6) is 0.347. The molecule has 0 spiro atoms. The van der Waals surface area contributed by atoms with Gasteiger partial charge in [0.15, 0.2) is 0 Å². The first-order valence-electron chi connectivity index (χ1n) is 6.54. The van der Waals surface area contributed by atoms with Crippen LogP contribution in [0.5, 0.6) is 0 Å². The van der Waals surface area contributed by atoms with Gasteiger partial charge in [-0.05, 0) is 24.4 Å². The van der Waals surface area contributed by atoms with Gasteiger partial charge in [0.1, 0.15) is 0 Å². The molecule has 19 heavy (non-hydrogen) atoms. The van der Waals surface area contributed by atoms with Gasteiger partial charge in [0.2, 0.25) is 0 Å². The van der Waals surface area contributed by atoms with Crippen LogP contribution in [0.25, 0.3) is 0 Å². The zero-order valence-electron chi connectivity index (χ0n) is 10.9. The molecular weight excluding hydrogens is 273 g/mol. The Hall–Kier alpha value is -0.590. The van der Waals surface area contributed by atoms with E-state index in [0.717, 1.165) is 19.5 Å². The number of thiophene rings is 1. The first kappa shape index (κ1) is 14.8. The van der Waals surface area contributed by atoms with Crippen LogP contribution in [0.15, 0.2) is 17.5 Å². The summed E-state index contributed by atoms with van der Waals surface area (Å²) in [4.78, 5) is 3.50. The van der Waals surface area contributed by atoms with E-state index < -0.39 is 12.7 Å². The standard InChI is InChI=1S/C13H19F3N2S/c1-2-18-7-10(12-4-3-5-19-12)6-11(8-18)17-9-13(14,15)16/h3-5,10-11,17H,2,6-9H2,1H3. The summed E-state index contributed by atoms with van der Waals surface area (Å²) in [7, 11) is 0. The molecule has 1 aliphatic rings. The minimum absolute atomic E-state index is 0.0811. The normalized spacial score (nSPS) is 25.7. The van der Waals surface area contributed by atoms with E-state index in [1.165, 1.54) is 4.88 Å². The monoisotopic (exact) mass is 292 g/mol. The highest BCUT2D eigenvalue weighted by Gasteiger charge is 2.32. The first-order chi connectivity index (χ1) is 8.98. The van der Waals surface area contributed by atoms with Crippen LogP contribution in [0.1, 0.15) is 24.1 Å². The summed E-state index contributed by atoms with van der Waals surface area (Å²) in [5.41, 5.74) is 0. The maximum Gasteiger partial charge on any atom is 0.401 e. The number of likely N-dealkylation sites (N-methyl/N-ethyl adjacent to an activating group) is 1. The van der Waals surface area contributed by atoms with Gasteiger partial charge >= 0.3 is 6.18 Å². The van der Waals surface area contributed by atoms with Crippen LogP contribution < -0.4 is 5.32 Å². The van der Waals surface area contributed by atoms with Crippen molar-refractivity contribution in [1.29, 1.82) is 0 Å². The van der Waals surface area contributed by atoms with E-state index in [1.54, 1.807) is 11.3 Å². The Morgan fingerprint density at radius 3 is 2.79 bits per heavy atom. The molecular formula is C13H19F3N2S. The molecule has 0 aliphatic carbocycles. The van der Waals surface area contributed by atoms with Gasteiger partial charge in [-0.3, -0.25) is 0 Å². The van der Waals surface area contributed by atoms with E-state index in [2.05, 4.69) is 23.2 Å². The lowest BCUT2D eigenvalue weighted by atomic mass is 9.93. The van der Waals surface area contributed by atoms with E-state index in [0.29, 0.717) is 12.5 Å². The van der Waals surface area contributed by atoms with Crippen molar-refractivity contribution in [2.24, 2.45) is 0 Å². The van der Waals surface area contributed by atoms with Crippen LogP contribution in [0.4, 0.5) is 13.2 Å². The Kier molecular flexibility index (Phi) is 4.86. The predicted octanol–water partition coefficient (Wildman–Crippen LogP) is 3.08. The van der Waals surface area contributed by atoms with Crippen LogP contribution in [0.2, 0.25) is 0 Å². The van der Waals surface area contributed by atoms with Crippen molar-refractivity contribution in [3.63, 3.8) is 0 Å². The fourth-order valence-corrected chi connectivity index (χ4v) is 3.42. The second-order valence-corrected chi connectivity index (χ2v) is 5.97. The zero-order chi connectivity index (χ0) is 13.9. The van der Waals surface area contributed by atoms with Crippen molar-refractivity contribution in [3.05, 3.63) is 22.4 Å². The molecule has 1 aromatic heterocycles. The number of likely N-dealkylation sites (tertiary alicyclic amines) is 1. The molecule has 0 aromatic carbocycles. The summed E-state index contributed by atoms with van der Waals surface area (Å²) >= 11 is 1.69. The van der Waals surface area contributed by atoms with Gasteiger partial charge in [-0.1, -0.05) is 13.0 Å². The highest BCUT2D eigenvalue weighted by atomic mass is 32.1. The number of alkyl halides is 3. The number of hydrogen-bond acceptors (Lipinski definition) is 3. The van der Waals surface area contributed by atoms with Gasteiger partial charge in [-0.25, -0.2) is 0 Å². The molecule has 6 heteroatoms. The maximum absolute atomic E-state index is 12.3. The molecule has 1 aliphatic heterocycles. The molecule has 1 saturated heterocycles. The number of rotatable bonds is 4. The summed E-state index contributed by atoms with van der Waals surface area (Å²) in [6, 6.07) is 4.00. The molecule has 0 saturated carbocycles. The molecule has 1 fully saturated rings. The topological polar surface area (TPSA) is 15.3 Å². The second kappa shape index (κ2) is 6.24. The quantitative estimate of drug-likeness (QED) is 0.917. The van der Waals surface area contributed by atoms with E-state index in [1.807, 2.05) is 11.4 Å². The van der Waals surface area contributed by atoms with Crippen LogP contribution in [0.3, 0.4) is 0 Å². The summed E-state index contributed by atoms with van der Waals surface area (Å²) < 4.78 is 36.9. The number of nitrogens with one attached hydrogen (secondary N) is 1. The van der Waals surface area contributed by atoms with E-state index >= 15 is 0 Å². The van der Waals surface area contributed by atoms with Crippen molar-refractivity contribution in [2.75, 3.05) is 26.2 Å². The Morgan fingerprint density at radius 1 is 1.42 bits per heavy atom. The lowest BCUT2D eigenvalue weighted by Crippen LogP contribution is -2.50. The lowest BCUT2D eigenvalue weighted by molar-refractivity contribution is -0.127. The number of hydrogen-bond donors (Lipinski definition) is 1. The number of piperidine rings is 1. The Balaban J connectivity index is 1.96. The molecule has 0 radical (unpaired) electrons. The average molecular weight is 292 g/mol. The molecule has 1 aromatic rings. The van der Waals surface area contributed by atoms with Crippen LogP contribution in [-0.4, -0.2) is 43.3 Å². The average Bonchev–Trinajstić information content (AvgIpc) is 2.89. The molecule has 108 valence electrons. The number of nitrogens with zero attached hydrogens (tertiary/aromatic N) is 1. The minimum Gasteiger partial charge on any atom is -0.305 e. The summed E-state index contributed by atoms with van der Waals surface area (Å²) in [5, 5.41) is 4.68. The third-order valence-electron chi connectivity index (χ3n) is 3.51. The summed E-state index contributed by atoms with van der Waals surface area (Å²) in [6.45, 7) is 3.69. The molecule has 0 amide bonds. The van der Waals surface area contributed by atoms with E-state index in [4.69, 9.17) is 0 Å². The highest BCUT2D eigenvalue weighted by molar-refractivity contribution is 7.10. The molecule has 2 heterocycles. The first-order valence-corrected chi connectivity index (χ1v) is 7.42. The molecule has 1 N–H and O–H groups in total. The largest absolute Gasteiger partial charge is 0.401 e. The molecule has 0 bridgehead atoms. The van der Waals surface area contributed by atoms with Gasteiger partial charge in [0, 0.05) is 29.9 Å². The second-order valence-electron chi connectivity index (χ2n) is 4.99. The fraction of sp³-hybridized carbons (Fsp3) is 0.692. The Morgan fingerprint density at radius 2 is 2.21 bits per heavy atom. The lowest BCUT2D eigenvalue weighted by Gasteiger charge is -2.37. The van der Waals surface area contributed by atoms with Crippen molar-refractivity contribution < 1.29 is 13.2 Å². The molecule has 2 unspecified atom stereocenters. The molecule has 2 rings (SSSR count). The Labute approximate surface area is 115 Å². The van der Waals surface area contributed by atoms with Gasteiger partial charge in [0.25, 0.3) is 0 Å². The summed E-state index contributed by atoms with van der Waals surface area (Å²) in [6.07, 6.45) is -3.35. The van der Waals surface area contributed by atoms with Gasteiger partial charge in [-0.15, -0.1) is 11.3 Å². The van der Waals surface area contributed by atoms with Crippen LogP contribution >= 0.6 is 11.3 Å². The van der Waals surface area contributed by atoms with Gasteiger partial charge in [-0.2, -0.15) is 13.2 Å². The van der Waals surface area contributed by atoms with E-state index in [-0.39, 0.29) is 6.04 Å². The third-order valence-corrected chi connectivity index (χ3v) is 4.54. The van der Waals surface area contributed by atoms with Crippen molar-refractivity contribution in [2.45, 2.75) is 31.5 Å². The van der Waals surface area contributed by atoms with Gasteiger partial charge < -0.3 is 10.2 Å². The van der Waals surface area contributed by atoms with Gasteiger partial charge in [0.05, 0.1) is 6.54 Å². The van der Waals surface area contributed by atoms with Crippen LogP contribution in [-0.2, 0) is 0 Å². The zero-order valence-corrected chi connectivity index (χ0v) is 11.7. The third kappa shape index (κ3) is 4.47. The maximum atomic E-state index is 12.3. The SMILES string of the molecule is CCN1CC(NCC(F)(F)F)CC(c2cccs2)C1. The molecule has 2 nitrogen and oxygen atoms in total. The van der Waals surface area contributed by atoms with Crippen LogP contribution in [0, 0.1) is 0 Å². The molecule has 2 atom stereocenters. The fourth-order valence-electron chi connectivity index (χ4n) is 2.59. The smallest absolute Gasteiger partial charge is 0.305 e. The predicted molar refractivity (Wildman–Crippen MR) is 71.6 cm³/mol. The highest BCUT2D eigenvalue weighted by Crippen LogP contribution is 2.30. The Bertz CT molecular complexity index is 378. The van der Waals surface area contributed by atoms with Crippen molar-refractivity contribution >= 4 is 11.3 Å². The van der Waals surface area contributed by atoms with Crippen molar-refractivity contribution in [1.82, 2.24) is 10.2 Å². The number of halogens is 3.